The molecule has 134 valence electrons. The van der Waals surface area contributed by atoms with E-state index < -0.39 is 0 Å². The fourth-order valence-electron chi connectivity index (χ4n) is 3.82. The van der Waals surface area contributed by atoms with Crippen LogP contribution in [0.3, 0.4) is 0 Å². The van der Waals surface area contributed by atoms with Crippen LogP contribution in [0.5, 0.6) is 0 Å². The van der Waals surface area contributed by atoms with E-state index in [0.717, 1.165) is 30.8 Å². The summed E-state index contributed by atoms with van der Waals surface area (Å²) in [6.45, 7) is 4.10. The normalized spacial score (nSPS) is 17.7. The second-order valence-corrected chi connectivity index (χ2v) is 6.99. The third-order valence-electron chi connectivity index (χ3n) is 5.15. The molecule has 1 aromatic carbocycles. The van der Waals surface area contributed by atoms with Gasteiger partial charge in [-0.2, -0.15) is 0 Å². The lowest BCUT2D eigenvalue weighted by Crippen LogP contribution is -2.24. The van der Waals surface area contributed by atoms with Gasteiger partial charge in [0.2, 0.25) is 5.91 Å². The molecule has 0 aliphatic carbocycles. The monoisotopic (exact) mass is 348 g/mol. The van der Waals surface area contributed by atoms with Gasteiger partial charge < -0.3 is 10.3 Å². The van der Waals surface area contributed by atoms with Gasteiger partial charge >= 0.3 is 0 Å². The molecule has 1 amide bonds. The van der Waals surface area contributed by atoms with E-state index in [1.165, 1.54) is 29.8 Å². The van der Waals surface area contributed by atoms with Crippen molar-refractivity contribution in [2.75, 3.05) is 6.54 Å². The van der Waals surface area contributed by atoms with Gasteiger partial charge in [0, 0.05) is 43.3 Å². The van der Waals surface area contributed by atoms with Gasteiger partial charge in [0.25, 0.3) is 0 Å². The molecule has 3 aromatic rings. The molecule has 2 N–H and O–H groups in total. The van der Waals surface area contributed by atoms with Crippen LogP contribution in [0.1, 0.15) is 42.6 Å². The molecular weight excluding hydrogens is 324 g/mol. The summed E-state index contributed by atoms with van der Waals surface area (Å²) in [5.41, 5.74) is 4.71. The highest BCUT2D eigenvalue weighted by molar-refractivity contribution is 5.82. The summed E-state index contributed by atoms with van der Waals surface area (Å²) < 4.78 is 0. The summed E-state index contributed by atoms with van der Waals surface area (Å²) in [4.78, 5) is 21.5. The zero-order valence-corrected chi connectivity index (χ0v) is 15.0. The summed E-state index contributed by atoms with van der Waals surface area (Å²) in [5, 5.41) is 4.12. The van der Waals surface area contributed by atoms with Crippen molar-refractivity contribution in [1.82, 2.24) is 20.2 Å². The van der Waals surface area contributed by atoms with Crippen LogP contribution in [0, 0.1) is 0 Å². The second kappa shape index (κ2) is 7.30. The van der Waals surface area contributed by atoms with E-state index in [2.05, 4.69) is 56.6 Å². The molecule has 4 rings (SSSR count). The van der Waals surface area contributed by atoms with Gasteiger partial charge in [-0.3, -0.25) is 14.7 Å². The zero-order valence-electron chi connectivity index (χ0n) is 15.0. The number of carbonyl (C=O) groups excluding carboxylic acids is 1. The number of aromatic nitrogens is 2. The average Bonchev–Trinajstić information content (AvgIpc) is 3.30. The van der Waals surface area contributed by atoms with E-state index in [4.69, 9.17) is 0 Å². The van der Waals surface area contributed by atoms with Crippen molar-refractivity contribution < 1.29 is 4.79 Å². The molecule has 0 bridgehead atoms. The van der Waals surface area contributed by atoms with E-state index in [1.807, 2.05) is 12.4 Å². The fraction of sp³-hybridized carbons (Fsp3) is 0.333. The van der Waals surface area contributed by atoms with E-state index in [0.29, 0.717) is 12.6 Å². The van der Waals surface area contributed by atoms with Crippen molar-refractivity contribution >= 4 is 16.8 Å². The van der Waals surface area contributed by atoms with E-state index in [1.54, 1.807) is 0 Å². The average molecular weight is 348 g/mol. The first-order chi connectivity index (χ1) is 12.7. The second-order valence-electron chi connectivity index (χ2n) is 6.99. The number of carbonyl (C=O) groups is 1. The van der Waals surface area contributed by atoms with E-state index >= 15 is 0 Å². The van der Waals surface area contributed by atoms with Gasteiger partial charge in [0.15, 0.2) is 0 Å². The van der Waals surface area contributed by atoms with Crippen LogP contribution in [0.25, 0.3) is 10.9 Å². The number of rotatable bonds is 5. The third-order valence-corrected chi connectivity index (χ3v) is 5.15. The smallest absolute Gasteiger partial charge is 0.217 e. The maximum absolute atomic E-state index is 11.0. The Morgan fingerprint density at radius 3 is 3.04 bits per heavy atom. The Morgan fingerprint density at radius 1 is 1.31 bits per heavy atom. The Labute approximate surface area is 153 Å². The van der Waals surface area contributed by atoms with Crippen LogP contribution in [-0.4, -0.2) is 27.3 Å². The molecule has 1 unspecified atom stereocenters. The summed E-state index contributed by atoms with van der Waals surface area (Å²) in [6, 6.07) is 13.2. The lowest BCUT2D eigenvalue weighted by atomic mass is 10.1. The summed E-state index contributed by atoms with van der Waals surface area (Å²) in [6.07, 6.45) is 6.23. The maximum atomic E-state index is 11.0. The first-order valence-corrected chi connectivity index (χ1v) is 9.19. The van der Waals surface area contributed by atoms with Crippen molar-refractivity contribution in [2.45, 2.75) is 38.9 Å². The molecule has 5 nitrogen and oxygen atoms in total. The standard InChI is InChI=1S/C21H24N4O/c1-15(26)23-12-16-7-8-20(24-13-16)21-6-3-11-25(21)14-17-4-2-5-19-18(17)9-10-22-19/h2,4-5,7-10,13,21-22H,3,6,11-12,14H2,1H3,(H,23,26). The molecule has 1 aliphatic rings. The van der Waals surface area contributed by atoms with Crippen LogP contribution >= 0.6 is 0 Å². The first kappa shape index (κ1) is 16.8. The number of likely N-dealkylation sites (tertiary alicyclic amines) is 1. The van der Waals surface area contributed by atoms with Gasteiger partial charge in [-0.15, -0.1) is 0 Å². The van der Waals surface area contributed by atoms with Crippen LogP contribution in [0.15, 0.2) is 48.8 Å². The van der Waals surface area contributed by atoms with Gasteiger partial charge in [-0.25, -0.2) is 0 Å². The molecule has 5 heteroatoms. The Bertz CT molecular complexity index is 900. The lowest BCUT2D eigenvalue weighted by Gasteiger charge is -2.24. The molecule has 1 saturated heterocycles. The largest absolute Gasteiger partial charge is 0.361 e. The highest BCUT2D eigenvalue weighted by Gasteiger charge is 2.27. The number of fused-ring (bicyclic) bond motifs is 1. The quantitative estimate of drug-likeness (QED) is 0.741. The van der Waals surface area contributed by atoms with Crippen molar-refractivity contribution in [3.05, 3.63) is 65.6 Å². The van der Waals surface area contributed by atoms with Crippen molar-refractivity contribution in [3.63, 3.8) is 0 Å². The Morgan fingerprint density at radius 2 is 2.23 bits per heavy atom. The minimum atomic E-state index is -0.0185. The van der Waals surface area contributed by atoms with Gasteiger partial charge in [-0.1, -0.05) is 18.2 Å². The minimum Gasteiger partial charge on any atom is -0.361 e. The number of nitrogens with zero attached hydrogens (tertiary/aromatic N) is 2. The molecule has 0 spiro atoms. The van der Waals surface area contributed by atoms with Crippen molar-refractivity contribution in [3.8, 4) is 0 Å². The summed E-state index contributed by atoms with van der Waals surface area (Å²) in [5.74, 6) is -0.0185. The Balaban J connectivity index is 1.49. The number of hydrogen-bond acceptors (Lipinski definition) is 3. The van der Waals surface area contributed by atoms with Gasteiger partial charge in [0.05, 0.1) is 11.7 Å². The minimum absolute atomic E-state index is 0.0185. The van der Waals surface area contributed by atoms with Crippen LogP contribution < -0.4 is 5.32 Å². The molecule has 1 aliphatic heterocycles. The number of amides is 1. The Kier molecular flexibility index (Phi) is 4.71. The van der Waals surface area contributed by atoms with Crippen LogP contribution in [0.2, 0.25) is 0 Å². The summed E-state index contributed by atoms with van der Waals surface area (Å²) in [7, 11) is 0. The predicted octanol–water partition coefficient (Wildman–Crippen LogP) is 3.54. The van der Waals surface area contributed by atoms with Gasteiger partial charge in [-0.05, 0) is 48.7 Å². The lowest BCUT2D eigenvalue weighted by molar-refractivity contribution is -0.119. The van der Waals surface area contributed by atoms with Crippen LogP contribution in [0.4, 0.5) is 0 Å². The van der Waals surface area contributed by atoms with Gasteiger partial charge in [0.1, 0.15) is 0 Å². The number of aromatic amines is 1. The van der Waals surface area contributed by atoms with E-state index in [9.17, 15) is 4.79 Å². The third kappa shape index (κ3) is 3.48. The molecule has 0 radical (unpaired) electrons. The molecule has 0 saturated carbocycles. The fourth-order valence-corrected chi connectivity index (χ4v) is 3.82. The van der Waals surface area contributed by atoms with E-state index in [-0.39, 0.29) is 5.91 Å². The predicted molar refractivity (Wildman–Crippen MR) is 102 cm³/mol. The first-order valence-electron chi connectivity index (χ1n) is 9.19. The Hall–Kier alpha value is -2.66. The number of benzene rings is 1. The molecule has 26 heavy (non-hydrogen) atoms. The van der Waals surface area contributed by atoms with Crippen molar-refractivity contribution in [1.29, 1.82) is 0 Å². The highest BCUT2D eigenvalue weighted by atomic mass is 16.1. The van der Waals surface area contributed by atoms with Crippen molar-refractivity contribution in [2.24, 2.45) is 0 Å². The SMILES string of the molecule is CC(=O)NCc1ccc(C2CCCN2Cc2cccc3[nH]ccc23)nc1. The number of nitrogens with one attached hydrogen (secondary N) is 2. The number of hydrogen-bond donors (Lipinski definition) is 2. The zero-order chi connectivity index (χ0) is 17.9. The number of pyridine rings is 1. The maximum Gasteiger partial charge on any atom is 0.217 e. The molecule has 1 atom stereocenters. The molecule has 1 fully saturated rings. The number of H-pyrrole nitrogens is 1. The molecular formula is C21H24N4O. The molecule has 3 heterocycles. The van der Waals surface area contributed by atoms with Crippen LogP contribution in [-0.2, 0) is 17.9 Å². The highest BCUT2D eigenvalue weighted by Crippen LogP contribution is 2.33. The topological polar surface area (TPSA) is 61.0 Å². The summed E-state index contributed by atoms with van der Waals surface area (Å²) >= 11 is 0. The molecule has 2 aromatic heterocycles.